The number of anilines is 2. The Morgan fingerprint density at radius 2 is 1.93 bits per heavy atom. The topological polar surface area (TPSA) is 92.8 Å². The number of nitrogens with zero attached hydrogens (tertiary/aromatic N) is 1. The summed E-state index contributed by atoms with van der Waals surface area (Å²) < 4.78 is 42.5. The van der Waals surface area contributed by atoms with Crippen LogP contribution < -0.4 is 10.2 Å². The highest BCUT2D eigenvalue weighted by Gasteiger charge is 2.24. The number of carbonyl (C=O) groups excluding carboxylic acids is 2. The van der Waals surface area contributed by atoms with Gasteiger partial charge in [0.25, 0.3) is 5.91 Å². The van der Waals surface area contributed by atoms with Crippen molar-refractivity contribution in [1.29, 1.82) is 0 Å². The lowest BCUT2D eigenvalue weighted by Crippen LogP contribution is -2.23. The van der Waals surface area contributed by atoms with Gasteiger partial charge in [0.05, 0.1) is 22.9 Å². The standard InChI is InChI=1S/C18H17FN2O5S/c1-2-27(24,25)14-6-3-12(4-7-14)17(22)20-16-11-13(5-8-15(16)19)21-9-10-26-18(21)23/h3-8,11H,2,9-10H2,1H3,(H,20,22). The van der Waals surface area contributed by atoms with Crippen LogP contribution >= 0.6 is 0 Å². The molecule has 0 unspecified atom stereocenters. The summed E-state index contributed by atoms with van der Waals surface area (Å²) in [6.45, 7) is 2.11. The van der Waals surface area contributed by atoms with Gasteiger partial charge in [-0.1, -0.05) is 6.92 Å². The molecule has 7 nitrogen and oxygen atoms in total. The van der Waals surface area contributed by atoms with Gasteiger partial charge in [-0.3, -0.25) is 9.69 Å². The van der Waals surface area contributed by atoms with Gasteiger partial charge in [-0.05, 0) is 42.5 Å². The molecule has 142 valence electrons. The van der Waals surface area contributed by atoms with Crippen molar-refractivity contribution in [2.24, 2.45) is 0 Å². The molecule has 1 fully saturated rings. The third-order valence-electron chi connectivity index (χ3n) is 4.13. The van der Waals surface area contributed by atoms with Gasteiger partial charge >= 0.3 is 6.09 Å². The molecule has 0 spiro atoms. The van der Waals surface area contributed by atoms with Gasteiger partial charge in [-0.2, -0.15) is 0 Å². The molecule has 0 radical (unpaired) electrons. The van der Waals surface area contributed by atoms with Gasteiger partial charge in [0.2, 0.25) is 0 Å². The number of amides is 2. The minimum atomic E-state index is -3.37. The number of sulfone groups is 1. The Balaban J connectivity index is 1.80. The molecule has 0 aliphatic carbocycles. The Kier molecular flexibility index (Phi) is 5.13. The molecule has 0 atom stereocenters. The van der Waals surface area contributed by atoms with Gasteiger partial charge < -0.3 is 10.1 Å². The van der Waals surface area contributed by atoms with Crippen molar-refractivity contribution in [3.05, 3.63) is 53.8 Å². The van der Waals surface area contributed by atoms with Gasteiger partial charge in [0.15, 0.2) is 9.84 Å². The average Bonchev–Trinajstić information content (AvgIpc) is 3.09. The fourth-order valence-corrected chi connectivity index (χ4v) is 3.46. The Morgan fingerprint density at radius 1 is 1.22 bits per heavy atom. The Bertz CT molecular complexity index is 989. The molecule has 1 aliphatic rings. The number of halogens is 1. The molecule has 1 N–H and O–H groups in total. The maximum atomic E-state index is 14.1. The van der Waals surface area contributed by atoms with Crippen molar-refractivity contribution in [1.82, 2.24) is 0 Å². The van der Waals surface area contributed by atoms with Gasteiger partial charge in [-0.25, -0.2) is 17.6 Å². The van der Waals surface area contributed by atoms with Crippen molar-refractivity contribution < 1.29 is 27.1 Å². The number of hydrogen-bond donors (Lipinski definition) is 1. The van der Waals surface area contributed by atoms with Crippen molar-refractivity contribution in [3.8, 4) is 0 Å². The first-order valence-corrected chi connectivity index (χ1v) is 9.85. The van der Waals surface area contributed by atoms with Crippen molar-refractivity contribution in [2.75, 3.05) is 29.1 Å². The Labute approximate surface area is 155 Å². The van der Waals surface area contributed by atoms with Crippen LogP contribution in [-0.4, -0.2) is 39.3 Å². The number of cyclic esters (lactones) is 1. The molecule has 0 aromatic heterocycles. The van der Waals surface area contributed by atoms with Crippen LogP contribution in [0.5, 0.6) is 0 Å². The van der Waals surface area contributed by atoms with Crippen LogP contribution in [0.1, 0.15) is 17.3 Å². The number of carbonyl (C=O) groups is 2. The smallest absolute Gasteiger partial charge is 0.414 e. The summed E-state index contributed by atoms with van der Waals surface area (Å²) in [5.41, 5.74) is 0.483. The first-order valence-electron chi connectivity index (χ1n) is 8.20. The summed E-state index contributed by atoms with van der Waals surface area (Å²) in [5.74, 6) is -1.31. The summed E-state index contributed by atoms with van der Waals surface area (Å²) in [4.78, 5) is 25.4. The first kappa shape index (κ1) is 18.8. The zero-order valence-electron chi connectivity index (χ0n) is 14.4. The second-order valence-corrected chi connectivity index (χ2v) is 8.09. The molecule has 2 aromatic rings. The van der Waals surface area contributed by atoms with E-state index in [0.29, 0.717) is 12.2 Å². The van der Waals surface area contributed by atoms with Crippen LogP contribution in [0, 0.1) is 5.82 Å². The lowest BCUT2D eigenvalue weighted by Gasteiger charge is -2.15. The fraction of sp³-hybridized carbons (Fsp3) is 0.222. The van der Waals surface area contributed by atoms with Crippen LogP contribution in [-0.2, 0) is 14.6 Å². The minimum Gasteiger partial charge on any atom is -0.447 e. The largest absolute Gasteiger partial charge is 0.447 e. The molecule has 27 heavy (non-hydrogen) atoms. The van der Waals surface area contributed by atoms with E-state index in [9.17, 15) is 22.4 Å². The number of ether oxygens (including phenoxy) is 1. The summed E-state index contributed by atoms with van der Waals surface area (Å²) in [7, 11) is -3.37. The Morgan fingerprint density at radius 3 is 2.52 bits per heavy atom. The third-order valence-corrected chi connectivity index (χ3v) is 5.88. The van der Waals surface area contributed by atoms with Gasteiger partial charge in [-0.15, -0.1) is 0 Å². The van der Waals surface area contributed by atoms with Crippen molar-refractivity contribution >= 4 is 33.2 Å². The maximum absolute atomic E-state index is 14.1. The van der Waals surface area contributed by atoms with E-state index in [1.807, 2.05) is 0 Å². The maximum Gasteiger partial charge on any atom is 0.414 e. The molecular formula is C18H17FN2O5S. The molecule has 0 bridgehead atoms. The highest BCUT2D eigenvalue weighted by Crippen LogP contribution is 2.25. The van der Waals surface area contributed by atoms with Crippen LogP contribution in [0.25, 0.3) is 0 Å². The number of rotatable bonds is 5. The number of nitrogens with one attached hydrogen (secondary N) is 1. The highest BCUT2D eigenvalue weighted by molar-refractivity contribution is 7.91. The molecule has 3 rings (SSSR count). The van der Waals surface area contributed by atoms with E-state index in [2.05, 4.69) is 5.32 Å². The van der Waals surface area contributed by atoms with Crippen LogP contribution in [0.4, 0.5) is 20.6 Å². The normalized spacial score (nSPS) is 14.1. The van der Waals surface area contributed by atoms with Gasteiger partial charge in [0.1, 0.15) is 12.4 Å². The number of hydrogen-bond acceptors (Lipinski definition) is 5. The Hall–Kier alpha value is -2.94. The fourth-order valence-electron chi connectivity index (χ4n) is 2.58. The second-order valence-electron chi connectivity index (χ2n) is 5.81. The zero-order valence-corrected chi connectivity index (χ0v) is 15.3. The molecule has 2 aromatic carbocycles. The van der Waals surface area contributed by atoms with E-state index in [1.165, 1.54) is 48.2 Å². The quantitative estimate of drug-likeness (QED) is 0.845. The molecule has 2 amide bonds. The van der Waals surface area contributed by atoms with E-state index in [-0.39, 0.29) is 28.5 Å². The average molecular weight is 392 g/mol. The van der Waals surface area contributed by atoms with E-state index in [1.54, 1.807) is 0 Å². The SMILES string of the molecule is CCS(=O)(=O)c1ccc(C(=O)Nc2cc(N3CCOC3=O)ccc2F)cc1. The molecule has 0 saturated carbocycles. The molecule has 9 heteroatoms. The van der Waals surface area contributed by atoms with Crippen LogP contribution in [0.2, 0.25) is 0 Å². The van der Waals surface area contributed by atoms with E-state index in [0.717, 1.165) is 6.07 Å². The van der Waals surface area contributed by atoms with E-state index < -0.39 is 27.7 Å². The van der Waals surface area contributed by atoms with Crippen LogP contribution in [0.15, 0.2) is 47.4 Å². The van der Waals surface area contributed by atoms with E-state index in [4.69, 9.17) is 4.74 Å². The summed E-state index contributed by atoms with van der Waals surface area (Å²) in [6, 6.07) is 9.29. The molecule has 1 aliphatic heterocycles. The molecule has 1 saturated heterocycles. The van der Waals surface area contributed by atoms with E-state index >= 15 is 0 Å². The summed E-state index contributed by atoms with van der Waals surface area (Å²) in [5, 5.41) is 2.44. The summed E-state index contributed by atoms with van der Waals surface area (Å²) in [6.07, 6.45) is -0.536. The zero-order chi connectivity index (χ0) is 19.6. The number of benzene rings is 2. The second kappa shape index (κ2) is 7.36. The molecular weight excluding hydrogens is 375 g/mol. The highest BCUT2D eigenvalue weighted by atomic mass is 32.2. The predicted molar refractivity (Wildman–Crippen MR) is 97.2 cm³/mol. The van der Waals surface area contributed by atoms with Crippen LogP contribution in [0.3, 0.4) is 0 Å². The predicted octanol–water partition coefficient (Wildman–Crippen LogP) is 2.83. The third kappa shape index (κ3) is 3.92. The van der Waals surface area contributed by atoms with Gasteiger partial charge in [0, 0.05) is 11.3 Å². The van der Waals surface area contributed by atoms with Crippen molar-refractivity contribution in [2.45, 2.75) is 11.8 Å². The molecule has 1 heterocycles. The summed E-state index contributed by atoms with van der Waals surface area (Å²) >= 11 is 0. The lowest BCUT2D eigenvalue weighted by atomic mass is 10.2. The minimum absolute atomic E-state index is 0.0461. The lowest BCUT2D eigenvalue weighted by molar-refractivity contribution is 0.102. The first-order chi connectivity index (χ1) is 12.8. The van der Waals surface area contributed by atoms with Crippen molar-refractivity contribution in [3.63, 3.8) is 0 Å². The monoisotopic (exact) mass is 392 g/mol.